The first-order valence-electron chi connectivity index (χ1n) is 5.37. The molecule has 2 aromatic carbocycles. The molecule has 2 nitrogen and oxygen atoms in total. The lowest BCUT2D eigenvalue weighted by Crippen LogP contribution is -2.10. The van der Waals surface area contributed by atoms with Gasteiger partial charge in [0.2, 0.25) is 0 Å². The van der Waals surface area contributed by atoms with E-state index in [9.17, 15) is 4.79 Å². The van der Waals surface area contributed by atoms with Crippen LogP contribution in [-0.4, -0.2) is 5.78 Å². The van der Waals surface area contributed by atoms with Crippen LogP contribution in [0.15, 0.2) is 60.7 Å². The maximum atomic E-state index is 12.2. The first kappa shape index (κ1) is 11.1. The number of nitrogens with zero attached hydrogens (tertiary/aromatic N) is 1. The Morgan fingerprint density at radius 3 is 2.00 bits per heavy atom. The van der Waals surface area contributed by atoms with Crippen LogP contribution in [0.1, 0.15) is 21.8 Å². The summed E-state index contributed by atoms with van der Waals surface area (Å²) in [5, 5.41) is 9.14. The fourth-order valence-corrected chi connectivity index (χ4v) is 1.70. The van der Waals surface area contributed by atoms with Crippen LogP contribution in [0.25, 0.3) is 0 Å². The highest BCUT2D eigenvalue weighted by molar-refractivity contribution is 6.02. The number of Topliss-reactive ketones (excluding diaryl/α,β-unsaturated/α-hetero) is 1. The fraction of sp³-hybridized carbons (Fsp3) is 0.0667. The average molecular weight is 221 g/mol. The summed E-state index contributed by atoms with van der Waals surface area (Å²) in [4.78, 5) is 12.2. The number of hydrogen-bond acceptors (Lipinski definition) is 2. The molecule has 0 aliphatic heterocycles. The molecular formula is C15H11NO. The second-order valence-corrected chi connectivity index (χ2v) is 3.70. The second kappa shape index (κ2) is 5.09. The summed E-state index contributed by atoms with van der Waals surface area (Å²) in [5.41, 5.74) is 1.31. The van der Waals surface area contributed by atoms with Crippen LogP contribution in [-0.2, 0) is 0 Å². The number of carbonyl (C=O) groups is 1. The van der Waals surface area contributed by atoms with Crippen LogP contribution in [0.3, 0.4) is 0 Å². The Kier molecular flexibility index (Phi) is 3.32. The molecule has 0 aliphatic rings. The minimum absolute atomic E-state index is 0.153. The molecule has 17 heavy (non-hydrogen) atoms. The summed E-state index contributed by atoms with van der Waals surface area (Å²) in [6.07, 6.45) is 0. The molecule has 1 atom stereocenters. The van der Waals surface area contributed by atoms with Gasteiger partial charge in [-0.2, -0.15) is 5.26 Å². The Bertz CT molecular complexity index is 540. The van der Waals surface area contributed by atoms with Crippen molar-refractivity contribution in [3.63, 3.8) is 0 Å². The standard InChI is InChI=1S/C15H11NO/c16-11-14(12-7-3-1-4-8-12)15(17)13-9-5-2-6-10-13/h1-10,14H. The molecule has 0 amide bonds. The van der Waals surface area contributed by atoms with Gasteiger partial charge in [0, 0.05) is 5.56 Å². The molecule has 0 fully saturated rings. The van der Waals surface area contributed by atoms with E-state index in [-0.39, 0.29) is 5.78 Å². The summed E-state index contributed by atoms with van der Waals surface area (Å²) in [5.74, 6) is -0.877. The number of hydrogen-bond donors (Lipinski definition) is 0. The molecule has 2 rings (SSSR count). The first-order valence-corrected chi connectivity index (χ1v) is 5.37. The number of ketones is 1. The maximum absolute atomic E-state index is 12.2. The monoisotopic (exact) mass is 221 g/mol. The lowest BCUT2D eigenvalue weighted by molar-refractivity contribution is 0.0979. The van der Waals surface area contributed by atoms with E-state index in [1.165, 1.54) is 0 Å². The van der Waals surface area contributed by atoms with Crippen LogP contribution in [0.5, 0.6) is 0 Å². The summed E-state index contributed by atoms with van der Waals surface area (Å²) in [6.45, 7) is 0. The van der Waals surface area contributed by atoms with E-state index in [1.54, 1.807) is 36.4 Å². The van der Waals surface area contributed by atoms with Gasteiger partial charge in [-0.25, -0.2) is 0 Å². The lowest BCUT2D eigenvalue weighted by Gasteiger charge is -2.08. The van der Waals surface area contributed by atoms with Crippen molar-refractivity contribution in [2.75, 3.05) is 0 Å². The molecule has 0 saturated heterocycles. The van der Waals surface area contributed by atoms with Crippen molar-refractivity contribution in [1.29, 1.82) is 5.26 Å². The SMILES string of the molecule is N#CC(C(=O)c1ccccc1)c1ccccc1. The fourth-order valence-electron chi connectivity index (χ4n) is 1.70. The predicted octanol–water partition coefficient (Wildman–Crippen LogP) is 3.18. The zero-order valence-corrected chi connectivity index (χ0v) is 9.21. The van der Waals surface area contributed by atoms with Gasteiger partial charge in [-0.15, -0.1) is 0 Å². The van der Waals surface area contributed by atoms with Gasteiger partial charge in [0.25, 0.3) is 0 Å². The van der Waals surface area contributed by atoms with E-state index >= 15 is 0 Å². The Hall–Kier alpha value is -2.40. The molecule has 2 heteroatoms. The quantitative estimate of drug-likeness (QED) is 0.747. The van der Waals surface area contributed by atoms with E-state index in [1.807, 2.05) is 24.3 Å². The zero-order chi connectivity index (χ0) is 12.1. The Balaban J connectivity index is 2.33. The van der Waals surface area contributed by atoms with E-state index in [0.717, 1.165) is 5.56 Å². The highest BCUT2D eigenvalue weighted by Crippen LogP contribution is 2.19. The molecule has 0 aliphatic carbocycles. The molecule has 0 N–H and O–H groups in total. The van der Waals surface area contributed by atoms with Gasteiger partial charge in [0.1, 0.15) is 5.92 Å². The first-order chi connectivity index (χ1) is 8.33. The van der Waals surface area contributed by atoms with Crippen molar-refractivity contribution in [2.45, 2.75) is 5.92 Å². The molecular weight excluding hydrogens is 210 g/mol. The van der Waals surface area contributed by atoms with Gasteiger partial charge in [-0.05, 0) is 5.56 Å². The van der Waals surface area contributed by atoms with Gasteiger partial charge in [0.05, 0.1) is 6.07 Å². The van der Waals surface area contributed by atoms with Gasteiger partial charge in [-0.3, -0.25) is 4.79 Å². The van der Waals surface area contributed by atoms with Crippen LogP contribution in [0, 0.1) is 11.3 Å². The highest BCUT2D eigenvalue weighted by Gasteiger charge is 2.20. The molecule has 82 valence electrons. The third-order valence-electron chi connectivity index (χ3n) is 2.58. The van der Waals surface area contributed by atoms with Crippen LogP contribution in [0.4, 0.5) is 0 Å². The van der Waals surface area contributed by atoms with Crippen molar-refractivity contribution in [1.82, 2.24) is 0 Å². The highest BCUT2D eigenvalue weighted by atomic mass is 16.1. The number of rotatable bonds is 3. The Morgan fingerprint density at radius 1 is 0.941 bits per heavy atom. The zero-order valence-electron chi connectivity index (χ0n) is 9.21. The number of benzene rings is 2. The van der Waals surface area contributed by atoms with Gasteiger partial charge >= 0.3 is 0 Å². The Morgan fingerprint density at radius 2 is 1.47 bits per heavy atom. The normalized spacial score (nSPS) is 11.5. The average Bonchev–Trinajstić information content (AvgIpc) is 2.42. The number of carbonyl (C=O) groups excluding carboxylic acids is 1. The molecule has 0 spiro atoms. The number of nitriles is 1. The smallest absolute Gasteiger partial charge is 0.184 e. The summed E-state index contributed by atoms with van der Waals surface area (Å²) < 4.78 is 0. The minimum atomic E-state index is -0.724. The Labute approximate surface area is 100 Å². The third kappa shape index (κ3) is 2.40. The van der Waals surface area contributed by atoms with Gasteiger partial charge < -0.3 is 0 Å². The minimum Gasteiger partial charge on any atom is -0.292 e. The lowest BCUT2D eigenvalue weighted by atomic mass is 9.92. The van der Waals surface area contributed by atoms with Crippen molar-refractivity contribution in [2.24, 2.45) is 0 Å². The van der Waals surface area contributed by atoms with Crippen LogP contribution < -0.4 is 0 Å². The van der Waals surface area contributed by atoms with Crippen molar-refractivity contribution >= 4 is 5.78 Å². The van der Waals surface area contributed by atoms with Crippen molar-refractivity contribution < 1.29 is 4.79 Å². The molecule has 0 heterocycles. The molecule has 0 bridgehead atoms. The van der Waals surface area contributed by atoms with Crippen molar-refractivity contribution in [3.8, 4) is 6.07 Å². The summed E-state index contributed by atoms with van der Waals surface area (Å²) >= 11 is 0. The van der Waals surface area contributed by atoms with E-state index in [4.69, 9.17) is 5.26 Å². The topological polar surface area (TPSA) is 40.9 Å². The molecule has 0 aromatic heterocycles. The molecule has 1 unspecified atom stereocenters. The van der Waals surface area contributed by atoms with Crippen LogP contribution in [0.2, 0.25) is 0 Å². The molecule has 2 aromatic rings. The van der Waals surface area contributed by atoms with Gasteiger partial charge in [-0.1, -0.05) is 60.7 Å². The van der Waals surface area contributed by atoms with E-state index < -0.39 is 5.92 Å². The summed E-state index contributed by atoms with van der Waals surface area (Å²) in [6, 6.07) is 20.1. The largest absolute Gasteiger partial charge is 0.292 e. The van der Waals surface area contributed by atoms with Crippen LogP contribution >= 0.6 is 0 Å². The predicted molar refractivity (Wildman–Crippen MR) is 65.6 cm³/mol. The maximum Gasteiger partial charge on any atom is 0.184 e. The van der Waals surface area contributed by atoms with E-state index in [0.29, 0.717) is 5.56 Å². The third-order valence-corrected chi connectivity index (χ3v) is 2.58. The molecule has 0 radical (unpaired) electrons. The summed E-state index contributed by atoms with van der Waals surface area (Å²) in [7, 11) is 0. The molecule has 0 saturated carbocycles. The van der Waals surface area contributed by atoms with Crippen molar-refractivity contribution in [3.05, 3.63) is 71.8 Å². The second-order valence-electron chi connectivity index (χ2n) is 3.70. The van der Waals surface area contributed by atoms with Gasteiger partial charge in [0.15, 0.2) is 5.78 Å². The van der Waals surface area contributed by atoms with E-state index in [2.05, 4.69) is 6.07 Å².